The normalized spacial score (nSPS) is 26.8. The summed E-state index contributed by atoms with van der Waals surface area (Å²) in [6, 6.07) is 8.87. The maximum absolute atomic E-state index is 6.28. The van der Waals surface area contributed by atoms with Crippen LogP contribution in [0.25, 0.3) is 0 Å². The standard InChI is InChI=1S/C18H27NO2/c1-3-19-16-12-17(18(16)9-4-5-10-18)21-13-14-7-6-8-15(11-14)20-2/h6-8,11,16-17,19H,3-5,9-10,12-13H2,1-2H3. The zero-order chi connectivity index (χ0) is 14.7. The third-order valence-electron chi connectivity index (χ3n) is 5.36. The van der Waals surface area contributed by atoms with Gasteiger partial charge in [0.1, 0.15) is 5.75 Å². The molecule has 0 radical (unpaired) electrons. The van der Waals surface area contributed by atoms with Crippen molar-refractivity contribution in [3.8, 4) is 5.75 Å². The first-order valence-corrected chi connectivity index (χ1v) is 8.26. The van der Waals surface area contributed by atoms with Crippen LogP contribution in [0.3, 0.4) is 0 Å². The summed E-state index contributed by atoms with van der Waals surface area (Å²) in [6.45, 7) is 3.96. The summed E-state index contributed by atoms with van der Waals surface area (Å²) in [4.78, 5) is 0. The summed E-state index contributed by atoms with van der Waals surface area (Å²) < 4.78 is 11.6. The first kappa shape index (κ1) is 14.9. The van der Waals surface area contributed by atoms with E-state index in [1.165, 1.54) is 31.2 Å². The van der Waals surface area contributed by atoms with Crippen LogP contribution in [0.4, 0.5) is 0 Å². The molecule has 2 fully saturated rings. The Bertz CT molecular complexity index is 468. The number of hydrogen-bond donors (Lipinski definition) is 1. The molecule has 2 saturated carbocycles. The van der Waals surface area contributed by atoms with Crippen molar-refractivity contribution < 1.29 is 9.47 Å². The molecule has 0 aromatic heterocycles. The van der Waals surface area contributed by atoms with Gasteiger partial charge < -0.3 is 14.8 Å². The predicted octanol–water partition coefficient (Wildman–Crippen LogP) is 3.52. The molecule has 2 atom stereocenters. The highest BCUT2D eigenvalue weighted by Gasteiger charge is 2.56. The van der Waals surface area contributed by atoms with Crippen molar-refractivity contribution in [2.75, 3.05) is 13.7 Å². The van der Waals surface area contributed by atoms with E-state index in [4.69, 9.17) is 9.47 Å². The Kier molecular flexibility index (Phi) is 4.51. The maximum atomic E-state index is 6.28. The van der Waals surface area contributed by atoms with Gasteiger partial charge in [0, 0.05) is 11.5 Å². The number of methoxy groups -OCH3 is 1. The zero-order valence-electron chi connectivity index (χ0n) is 13.2. The lowest BCUT2D eigenvalue weighted by Gasteiger charge is -2.54. The van der Waals surface area contributed by atoms with Gasteiger partial charge in [0.05, 0.1) is 19.8 Å². The van der Waals surface area contributed by atoms with Crippen LogP contribution in [0.15, 0.2) is 24.3 Å². The molecule has 0 heterocycles. The quantitative estimate of drug-likeness (QED) is 0.869. The molecule has 0 amide bonds. The molecule has 3 rings (SSSR count). The second-order valence-corrected chi connectivity index (χ2v) is 6.44. The lowest BCUT2D eigenvalue weighted by atomic mass is 9.60. The van der Waals surface area contributed by atoms with E-state index in [-0.39, 0.29) is 0 Å². The summed E-state index contributed by atoms with van der Waals surface area (Å²) in [7, 11) is 1.71. The van der Waals surface area contributed by atoms with Gasteiger partial charge in [-0.15, -0.1) is 0 Å². The number of nitrogens with one attached hydrogen (secondary N) is 1. The molecule has 1 aromatic carbocycles. The van der Waals surface area contributed by atoms with Gasteiger partial charge in [-0.1, -0.05) is 31.9 Å². The van der Waals surface area contributed by atoms with Crippen LogP contribution in [0.1, 0.15) is 44.6 Å². The average Bonchev–Trinajstić information content (AvgIpc) is 3.03. The Morgan fingerprint density at radius 2 is 2.10 bits per heavy atom. The number of benzene rings is 1. The smallest absolute Gasteiger partial charge is 0.119 e. The first-order valence-electron chi connectivity index (χ1n) is 8.26. The second-order valence-electron chi connectivity index (χ2n) is 6.44. The van der Waals surface area contributed by atoms with Crippen LogP contribution in [0.2, 0.25) is 0 Å². The SMILES string of the molecule is CCNC1CC(OCc2cccc(OC)c2)C12CCCC2. The monoisotopic (exact) mass is 289 g/mol. The average molecular weight is 289 g/mol. The van der Waals surface area contributed by atoms with Gasteiger partial charge in [-0.05, 0) is 43.5 Å². The van der Waals surface area contributed by atoms with Crippen molar-refractivity contribution >= 4 is 0 Å². The molecule has 1 N–H and O–H groups in total. The lowest BCUT2D eigenvalue weighted by Crippen LogP contribution is -2.62. The summed E-state index contributed by atoms with van der Waals surface area (Å²) in [5, 5.41) is 3.66. The fraction of sp³-hybridized carbons (Fsp3) is 0.667. The van der Waals surface area contributed by atoms with Crippen molar-refractivity contribution in [2.24, 2.45) is 5.41 Å². The molecule has 116 valence electrons. The topological polar surface area (TPSA) is 30.5 Å². The first-order chi connectivity index (χ1) is 10.3. The van der Waals surface area contributed by atoms with Gasteiger partial charge >= 0.3 is 0 Å². The van der Waals surface area contributed by atoms with Gasteiger partial charge in [-0.25, -0.2) is 0 Å². The molecule has 0 bridgehead atoms. The molecule has 3 nitrogen and oxygen atoms in total. The highest BCUT2D eigenvalue weighted by molar-refractivity contribution is 5.28. The molecule has 0 saturated heterocycles. The molecule has 0 aliphatic heterocycles. The minimum Gasteiger partial charge on any atom is -0.497 e. The molecule has 1 spiro atoms. The molecule has 2 aliphatic carbocycles. The van der Waals surface area contributed by atoms with Crippen LogP contribution in [-0.2, 0) is 11.3 Å². The second kappa shape index (κ2) is 6.37. The zero-order valence-corrected chi connectivity index (χ0v) is 13.2. The molecule has 1 aromatic rings. The summed E-state index contributed by atoms with van der Waals surface area (Å²) >= 11 is 0. The van der Waals surface area contributed by atoms with E-state index in [2.05, 4.69) is 24.4 Å². The van der Waals surface area contributed by atoms with Gasteiger partial charge in [0.2, 0.25) is 0 Å². The van der Waals surface area contributed by atoms with Gasteiger partial charge in [0.15, 0.2) is 0 Å². The van der Waals surface area contributed by atoms with E-state index in [9.17, 15) is 0 Å². The molecule has 2 aliphatic rings. The van der Waals surface area contributed by atoms with E-state index in [1.54, 1.807) is 7.11 Å². The molecule has 2 unspecified atom stereocenters. The fourth-order valence-electron chi connectivity index (χ4n) is 4.18. The van der Waals surface area contributed by atoms with Crippen molar-refractivity contribution in [1.82, 2.24) is 5.32 Å². The van der Waals surface area contributed by atoms with E-state index < -0.39 is 0 Å². The fourth-order valence-corrected chi connectivity index (χ4v) is 4.18. The number of hydrogen-bond acceptors (Lipinski definition) is 3. The van der Waals surface area contributed by atoms with Crippen LogP contribution in [-0.4, -0.2) is 25.8 Å². The van der Waals surface area contributed by atoms with Gasteiger partial charge in [-0.2, -0.15) is 0 Å². The Morgan fingerprint density at radius 1 is 1.29 bits per heavy atom. The third kappa shape index (κ3) is 2.82. The molecular weight excluding hydrogens is 262 g/mol. The van der Waals surface area contributed by atoms with E-state index in [0.717, 1.165) is 18.7 Å². The van der Waals surface area contributed by atoms with E-state index in [1.807, 2.05) is 12.1 Å². The van der Waals surface area contributed by atoms with Gasteiger partial charge in [-0.3, -0.25) is 0 Å². The Hall–Kier alpha value is -1.06. The van der Waals surface area contributed by atoms with Crippen LogP contribution in [0.5, 0.6) is 5.75 Å². The van der Waals surface area contributed by atoms with Gasteiger partial charge in [0.25, 0.3) is 0 Å². The Morgan fingerprint density at radius 3 is 2.81 bits per heavy atom. The van der Waals surface area contributed by atoms with Crippen LogP contribution < -0.4 is 10.1 Å². The Balaban J connectivity index is 1.60. The van der Waals surface area contributed by atoms with Crippen molar-refractivity contribution in [1.29, 1.82) is 0 Å². The molecule has 3 heteroatoms. The number of rotatable bonds is 6. The Labute approximate surface area is 128 Å². The van der Waals surface area contributed by atoms with Crippen LogP contribution in [0, 0.1) is 5.41 Å². The highest BCUT2D eigenvalue weighted by atomic mass is 16.5. The predicted molar refractivity (Wildman–Crippen MR) is 84.6 cm³/mol. The van der Waals surface area contributed by atoms with E-state index >= 15 is 0 Å². The lowest BCUT2D eigenvalue weighted by molar-refractivity contribution is -0.139. The van der Waals surface area contributed by atoms with Crippen molar-refractivity contribution in [2.45, 2.75) is 57.8 Å². The maximum Gasteiger partial charge on any atom is 0.119 e. The molecular formula is C18H27NO2. The van der Waals surface area contributed by atoms with E-state index in [0.29, 0.717) is 24.2 Å². The largest absolute Gasteiger partial charge is 0.497 e. The molecule has 21 heavy (non-hydrogen) atoms. The summed E-state index contributed by atoms with van der Waals surface area (Å²) in [6.07, 6.45) is 6.97. The van der Waals surface area contributed by atoms with Crippen molar-refractivity contribution in [3.05, 3.63) is 29.8 Å². The van der Waals surface area contributed by atoms with Crippen LogP contribution >= 0.6 is 0 Å². The minimum absolute atomic E-state index is 0.412. The minimum atomic E-state index is 0.412. The number of ether oxygens (including phenoxy) is 2. The van der Waals surface area contributed by atoms with Crippen molar-refractivity contribution in [3.63, 3.8) is 0 Å². The summed E-state index contributed by atoms with van der Waals surface area (Å²) in [5.41, 5.74) is 1.61. The third-order valence-corrected chi connectivity index (χ3v) is 5.36. The summed E-state index contributed by atoms with van der Waals surface area (Å²) in [5.74, 6) is 0.908. The highest BCUT2D eigenvalue weighted by Crippen LogP contribution is 2.54.